The summed E-state index contributed by atoms with van der Waals surface area (Å²) in [6, 6.07) is 11.5. The number of carbonyl (C=O) groups excluding carboxylic acids is 1. The molecule has 4 heterocycles. The van der Waals surface area contributed by atoms with Crippen LogP contribution in [0.3, 0.4) is 0 Å². The van der Waals surface area contributed by atoms with Crippen molar-refractivity contribution >= 4 is 5.91 Å². The molecule has 2 fully saturated rings. The minimum Gasteiger partial charge on any atom is -0.337 e. The number of aromatic nitrogens is 4. The predicted octanol–water partition coefficient (Wildman–Crippen LogP) is 2.05. The van der Waals surface area contributed by atoms with E-state index in [0.717, 1.165) is 31.6 Å². The second-order valence-electron chi connectivity index (χ2n) is 7.71. The molecule has 8 heteroatoms. The summed E-state index contributed by atoms with van der Waals surface area (Å²) < 4.78 is 5.58. The van der Waals surface area contributed by atoms with Gasteiger partial charge in [0.05, 0.1) is 6.04 Å². The summed E-state index contributed by atoms with van der Waals surface area (Å²) in [7, 11) is 2.07. The molecule has 0 N–H and O–H groups in total. The van der Waals surface area contributed by atoms with Gasteiger partial charge in [0.15, 0.2) is 0 Å². The largest absolute Gasteiger partial charge is 0.337 e. The van der Waals surface area contributed by atoms with E-state index < -0.39 is 0 Å². The van der Waals surface area contributed by atoms with E-state index in [0.29, 0.717) is 17.4 Å². The molecule has 8 nitrogen and oxygen atoms in total. The Balaban J connectivity index is 1.28. The SMILES string of the molecule is CN1CC2(CC1c1nc(-c3ccccc3)no1)CN(C(=O)c1ccncn1)C2. The Bertz CT molecular complexity index is 984. The normalized spacial score (nSPS) is 21.0. The molecule has 142 valence electrons. The number of amides is 1. The van der Waals surface area contributed by atoms with Crippen LogP contribution in [0.2, 0.25) is 0 Å². The molecule has 1 amide bonds. The van der Waals surface area contributed by atoms with E-state index in [1.54, 1.807) is 12.3 Å². The molecule has 2 aliphatic rings. The van der Waals surface area contributed by atoms with Gasteiger partial charge in [-0.15, -0.1) is 0 Å². The lowest BCUT2D eigenvalue weighted by molar-refractivity contribution is 0.0110. The average molecular weight is 376 g/mol. The van der Waals surface area contributed by atoms with E-state index in [2.05, 4.69) is 32.1 Å². The van der Waals surface area contributed by atoms with E-state index in [9.17, 15) is 4.79 Å². The number of hydrogen-bond acceptors (Lipinski definition) is 7. The molecule has 0 bridgehead atoms. The third-order valence-corrected chi connectivity index (χ3v) is 5.64. The fourth-order valence-electron chi connectivity index (χ4n) is 4.34. The van der Waals surface area contributed by atoms with Crippen LogP contribution < -0.4 is 0 Å². The third-order valence-electron chi connectivity index (χ3n) is 5.64. The van der Waals surface area contributed by atoms with Crippen LogP contribution in [-0.4, -0.2) is 62.5 Å². The number of likely N-dealkylation sites (tertiary alicyclic amines) is 2. The van der Waals surface area contributed by atoms with Gasteiger partial charge in [0.1, 0.15) is 12.0 Å². The van der Waals surface area contributed by atoms with Crippen molar-refractivity contribution in [3.05, 3.63) is 60.5 Å². The van der Waals surface area contributed by atoms with Gasteiger partial charge in [0, 0.05) is 36.8 Å². The van der Waals surface area contributed by atoms with Crippen LogP contribution in [0, 0.1) is 5.41 Å². The summed E-state index contributed by atoms with van der Waals surface area (Å²) in [5, 5.41) is 4.15. The molecule has 0 aliphatic carbocycles. The highest BCUT2D eigenvalue weighted by atomic mass is 16.5. The Kier molecular flexibility index (Phi) is 3.94. The van der Waals surface area contributed by atoms with Crippen LogP contribution in [0.5, 0.6) is 0 Å². The molecule has 1 spiro atoms. The van der Waals surface area contributed by atoms with Gasteiger partial charge in [-0.25, -0.2) is 9.97 Å². The Morgan fingerprint density at radius 1 is 1.18 bits per heavy atom. The van der Waals surface area contributed by atoms with Crippen molar-refractivity contribution in [2.24, 2.45) is 5.41 Å². The van der Waals surface area contributed by atoms with Crippen LogP contribution in [0.15, 0.2) is 53.4 Å². The first-order valence-corrected chi connectivity index (χ1v) is 9.28. The number of rotatable bonds is 3. The van der Waals surface area contributed by atoms with Crippen LogP contribution in [-0.2, 0) is 0 Å². The molecule has 5 rings (SSSR count). The summed E-state index contributed by atoms with van der Waals surface area (Å²) in [5.74, 6) is 1.21. The minimum absolute atomic E-state index is 0.0386. The Morgan fingerprint density at radius 2 is 2.00 bits per heavy atom. The molecule has 1 unspecified atom stereocenters. The summed E-state index contributed by atoms with van der Waals surface area (Å²) >= 11 is 0. The first kappa shape index (κ1) is 17.0. The number of nitrogens with zero attached hydrogens (tertiary/aromatic N) is 6. The zero-order valence-corrected chi connectivity index (χ0v) is 15.5. The van der Waals surface area contributed by atoms with Gasteiger partial charge in [-0.2, -0.15) is 4.98 Å². The maximum atomic E-state index is 12.5. The summed E-state index contributed by atoms with van der Waals surface area (Å²) in [4.78, 5) is 29.2. The molecular formula is C20H20N6O2. The molecule has 28 heavy (non-hydrogen) atoms. The van der Waals surface area contributed by atoms with Crippen molar-refractivity contribution in [2.45, 2.75) is 12.5 Å². The van der Waals surface area contributed by atoms with Gasteiger partial charge in [-0.05, 0) is 19.5 Å². The first-order valence-electron chi connectivity index (χ1n) is 9.28. The molecule has 2 saturated heterocycles. The highest BCUT2D eigenvalue weighted by Crippen LogP contribution is 2.47. The monoisotopic (exact) mass is 376 g/mol. The Labute approximate surface area is 162 Å². The maximum absolute atomic E-state index is 12.5. The maximum Gasteiger partial charge on any atom is 0.272 e. The van der Waals surface area contributed by atoms with Crippen molar-refractivity contribution in [3.63, 3.8) is 0 Å². The van der Waals surface area contributed by atoms with E-state index in [1.807, 2.05) is 35.2 Å². The number of benzene rings is 1. The minimum atomic E-state index is -0.0386. The lowest BCUT2D eigenvalue weighted by atomic mass is 9.77. The van der Waals surface area contributed by atoms with E-state index in [4.69, 9.17) is 4.52 Å². The second kappa shape index (κ2) is 6.49. The molecule has 2 aromatic heterocycles. The Hall–Kier alpha value is -3.13. The van der Waals surface area contributed by atoms with Gasteiger partial charge < -0.3 is 9.42 Å². The fraction of sp³-hybridized carbons (Fsp3) is 0.350. The fourth-order valence-corrected chi connectivity index (χ4v) is 4.34. The molecule has 1 atom stereocenters. The smallest absolute Gasteiger partial charge is 0.272 e. The van der Waals surface area contributed by atoms with Gasteiger partial charge in [0.2, 0.25) is 11.7 Å². The first-order chi connectivity index (χ1) is 13.6. The predicted molar refractivity (Wildman–Crippen MR) is 100 cm³/mol. The lowest BCUT2D eigenvalue weighted by Crippen LogP contribution is -2.59. The van der Waals surface area contributed by atoms with Crippen molar-refractivity contribution in [1.29, 1.82) is 0 Å². The second-order valence-corrected chi connectivity index (χ2v) is 7.71. The summed E-state index contributed by atoms with van der Waals surface area (Å²) in [5.41, 5.74) is 1.46. The summed E-state index contributed by atoms with van der Waals surface area (Å²) in [6.45, 7) is 2.33. The van der Waals surface area contributed by atoms with Gasteiger partial charge >= 0.3 is 0 Å². The lowest BCUT2D eigenvalue weighted by Gasteiger charge is -2.47. The van der Waals surface area contributed by atoms with Crippen molar-refractivity contribution in [1.82, 2.24) is 29.9 Å². The highest BCUT2D eigenvalue weighted by Gasteiger charge is 2.53. The van der Waals surface area contributed by atoms with Gasteiger partial charge in [-0.1, -0.05) is 35.5 Å². The molecule has 1 aromatic carbocycles. The third kappa shape index (κ3) is 2.86. The molecule has 2 aliphatic heterocycles. The zero-order chi connectivity index (χ0) is 19.1. The zero-order valence-electron chi connectivity index (χ0n) is 15.5. The highest BCUT2D eigenvalue weighted by molar-refractivity contribution is 5.92. The van der Waals surface area contributed by atoms with Gasteiger partial charge in [0.25, 0.3) is 5.91 Å². The van der Waals surface area contributed by atoms with Crippen LogP contribution in [0.25, 0.3) is 11.4 Å². The van der Waals surface area contributed by atoms with Crippen molar-refractivity contribution in [2.75, 3.05) is 26.7 Å². The van der Waals surface area contributed by atoms with Crippen molar-refractivity contribution < 1.29 is 9.32 Å². The molecule has 3 aromatic rings. The number of hydrogen-bond donors (Lipinski definition) is 0. The average Bonchev–Trinajstić information content (AvgIpc) is 3.32. The van der Waals surface area contributed by atoms with E-state index in [-0.39, 0.29) is 17.4 Å². The van der Waals surface area contributed by atoms with Crippen LogP contribution in [0.1, 0.15) is 28.8 Å². The molecular weight excluding hydrogens is 356 g/mol. The van der Waals surface area contributed by atoms with Crippen LogP contribution in [0.4, 0.5) is 0 Å². The van der Waals surface area contributed by atoms with E-state index >= 15 is 0 Å². The summed E-state index contributed by atoms with van der Waals surface area (Å²) in [6.07, 6.45) is 3.89. The van der Waals surface area contributed by atoms with Crippen LogP contribution >= 0.6 is 0 Å². The standard InChI is InChI=1S/C20H20N6O2/c1-25-10-20(11-26(12-20)19(27)15-7-8-21-13-22-15)9-16(25)18-23-17(24-28-18)14-5-3-2-4-6-14/h2-8,13,16H,9-12H2,1H3. The van der Waals surface area contributed by atoms with Gasteiger partial charge in [-0.3, -0.25) is 9.69 Å². The van der Waals surface area contributed by atoms with Crippen molar-refractivity contribution in [3.8, 4) is 11.4 Å². The van der Waals surface area contributed by atoms with E-state index in [1.165, 1.54) is 6.33 Å². The topological polar surface area (TPSA) is 88.3 Å². The molecule has 0 saturated carbocycles. The number of carbonyl (C=O) groups is 1. The Morgan fingerprint density at radius 3 is 2.75 bits per heavy atom. The molecule has 0 radical (unpaired) electrons. The quantitative estimate of drug-likeness (QED) is 0.691.